The third-order valence-electron chi connectivity index (χ3n) is 3.81. The standard InChI is InChI=1S/C17H27Cl2N/c1-3-4-5-6-7-8-11-15(20-2)13-14-10-9-12-16(18)17(14)19/h9-10,12,15,20H,3-8,11,13H2,1-2H3. The largest absolute Gasteiger partial charge is 0.317 e. The van der Waals surface area contributed by atoms with Crippen molar-refractivity contribution in [3.63, 3.8) is 0 Å². The Hall–Kier alpha value is -0.240. The van der Waals surface area contributed by atoms with Crippen molar-refractivity contribution in [2.45, 2.75) is 64.3 Å². The molecule has 0 spiro atoms. The number of unbranched alkanes of at least 4 members (excludes halogenated alkanes) is 5. The Morgan fingerprint density at radius 2 is 1.75 bits per heavy atom. The fourth-order valence-corrected chi connectivity index (χ4v) is 2.89. The van der Waals surface area contributed by atoms with Gasteiger partial charge in [-0.15, -0.1) is 0 Å². The topological polar surface area (TPSA) is 12.0 Å². The van der Waals surface area contributed by atoms with Crippen LogP contribution in [0.15, 0.2) is 18.2 Å². The van der Waals surface area contributed by atoms with E-state index in [-0.39, 0.29) is 0 Å². The van der Waals surface area contributed by atoms with Gasteiger partial charge in [0.05, 0.1) is 10.0 Å². The predicted octanol–water partition coefficient (Wildman–Crippen LogP) is 5.87. The van der Waals surface area contributed by atoms with Gasteiger partial charge in [-0.25, -0.2) is 0 Å². The van der Waals surface area contributed by atoms with E-state index in [1.807, 2.05) is 19.2 Å². The molecule has 0 bridgehead atoms. The molecule has 0 aromatic heterocycles. The van der Waals surface area contributed by atoms with Gasteiger partial charge < -0.3 is 5.32 Å². The molecule has 114 valence electrons. The highest BCUT2D eigenvalue weighted by Crippen LogP contribution is 2.27. The molecule has 1 N–H and O–H groups in total. The summed E-state index contributed by atoms with van der Waals surface area (Å²) >= 11 is 12.3. The van der Waals surface area contributed by atoms with Gasteiger partial charge in [-0.2, -0.15) is 0 Å². The Morgan fingerprint density at radius 1 is 1.05 bits per heavy atom. The maximum absolute atomic E-state index is 6.25. The summed E-state index contributed by atoms with van der Waals surface area (Å²) in [7, 11) is 2.03. The Labute approximate surface area is 134 Å². The molecule has 0 aliphatic rings. The van der Waals surface area contributed by atoms with Crippen LogP contribution >= 0.6 is 23.2 Å². The van der Waals surface area contributed by atoms with E-state index in [2.05, 4.69) is 18.3 Å². The third kappa shape index (κ3) is 6.47. The van der Waals surface area contributed by atoms with E-state index in [9.17, 15) is 0 Å². The first-order valence-electron chi connectivity index (χ1n) is 7.79. The van der Waals surface area contributed by atoms with Crippen molar-refractivity contribution in [2.75, 3.05) is 7.05 Å². The molecule has 3 heteroatoms. The van der Waals surface area contributed by atoms with Crippen LogP contribution < -0.4 is 5.32 Å². The highest BCUT2D eigenvalue weighted by atomic mass is 35.5. The molecule has 1 aromatic carbocycles. The second kappa shape index (κ2) is 10.5. The lowest BCUT2D eigenvalue weighted by molar-refractivity contribution is 0.480. The molecule has 1 rings (SSSR count). The van der Waals surface area contributed by atoms with Gasteiger partial charge in [0, 0.05) is 6.04 Å². The monoisotopic (exact) mass is 315 g/mol. The molecular weight excluding hydrogens is 289 g/mol. The van der Waals surface area contributed by atoms with Crippen molar-refractivity contribution < 1.29 is 0 Å². The lowest BCUT2D eigenvalue weighted by atomic mass is 9.99. The highest BCUT2D eigenvalue weighted by molar-refractivity contribution is 6.42. The number of hydrogen-bond donors (Lipinski definition) is 1. The van der Waals surface area contributed by atoms with Crippen LogP contribution in [0.1, 0.15) is 57.4 Å². The molecule has 0 radical (unpaired) electrons. The Kier molecular flexibility index (Phi) is 9.33. The van der Waals surface area contributed by atoms with Gasteiger partial charge in [-0.05, 0) is 31.5 Å². The summed E-state index contributed by atoms with van der Waals surface area (Å²) in [5.74, 6) is 0. The molecule has 1 atom stereocenters. The van der Waals surface area contributed by atoms with Crippen LogP contribution in [-0.2, 0) is 6.42 Å². The summed E-state index contributed by atoms with van der Waals surface area (Å²) in [6, 6.07) is 6.37. The number of rotatable bonds is 10. The molecule has 0 saturated carbocycles. The van der Waals surface area contributed by atoms with Crippen LogP contribution in [0, 0.1) is 0 Å². The van der Waals surface area contributed by atoms with Crippen molar-refractivity contribution in [1.82, 2.24) is 5.32 Å². The van der Waals surface area contributed by atoms with E-state index < -0.39 is 0 Å². The molecule has 0 aliphatic carbocycles. The van der Waals surface area contributed by atoms with Gasteiger partial charge in [0.15, 0.2) is 0 Å². The smallest absolute Gasteiger partial charge is 0.0624 e. The minimum Gasteiger partial charge on any atom is -0.317 e. The van der Waals surface area contributed by atoms with E-state index in [1.54, 1.807) is 0 Å². The fraction of sp³-hybridized carbons (Fsp3) is 0.647. The van der Waals surface area contributed by atoms with Crippen molar-refractivity contribution in [3.8, 4) is 0 Å². The van der Waals surface area contributed by atoms with Crippen molar-refractivity contribution in [2.24, 2.45) is 0 Å². The minimum atomic E-state index is 0.483. The molecule has 0 fully saturated rings. The molecule has 0 heterocycles. The molecule has 1 nitrogen and oxygen atoms in total. The van der Waals surface area contributed by atoms with Crippen LogP contribution in [0.25, 0.3) is 0 Å². The van der Waals surface area contributed by atoms with Crippen molar-refractivity contribution in [1.29, 1.82) is 0 Å². The third-order valence-corrected chi connectivity index (χ3v) is 4.67. The summed E-state index contributed by atoms with van der Waals surface area (Å²) in [6.07, 6.45) is 10.2. The van der Waals surface area contributed by atoms with Crippen molar-refractivity contribution >= 4 is 23.2 Å². The van der Waals surface area contributed by atoms with E-state index in [0.29, 0.717) is 16.1 Å². The van der Waals surface area contributed by atoms with Gasteiger partial charge in [0.2, 0.25) is 0 Å². The average molecular weight is 316 g/mol. The Morgan fingerprint density at radius 3 is 2.45 bits per heavy atom. The molecule has 1 unspecified atom stereocenters. The summed E-state index contributed by atoms with van der Waals surface area (Å²) in [4.78, 5) is 0. The summed E-state index contributed by atoms with van der Waals surface area (Å²) < 4.78 is 0. The van der Waals surface area contributed by atoms with Gasteiger partial charge in [-0.1, -0.05) is 80.8 Å². The van der Waals surface area contributed by atoms with E-state index >= 15 is 0 Å². The van der Waals surface area contributed by atoms with Gasteiger partial charge >= 0.3 is 0 Å². The molecule has 1 aromatic rings. The quantitative estimate of drug-likeness (QED) is 0.532. The lowest BCUT2D eigenvalue weighted by Gasteiger charge is -2.17. The molecule has 0 saturated heterocycles. The summed E-state index contributed by atoms with van der Waals surface area (Å²) in [6.45, 7) is 2.26. The molecule has 0 aliphatic heterocycles. The number of likely N-dealkylation sites (N-methyl/N-ethyl adjacent to an activating group) is 1. The maximum atomic E-state index is 6.25. The first-order valence-corrected chi connectivity index (χ1v) is 8.54. The number of nitrogens with one attached hydrogen (secondary N) is 1. The number of benzene rings is 1. The molecule has 0 amide bonds. The van der Waals surface area contributed by atoms with Gasteiger partial charge in [0.25, 0.3) is 0 Å². The summed E-state index contributed by atoms with van der Waals surface area (Å²) in [5, 5.41) is 4.75. The average Bonchev–Trinajstić information content (AvgIpc) is 2.46. The van der Waals surface area contributed by atoms with Crippen LogP contribution in [0.2, 0.25) is 10.0 Å². The number of halogens is 2. The van der Waals surface area contributed by atoms with Gasteiger partial charge in [0.1, 0.15) is 0 Å². The van der Waals surface area contributed by atoms with Gasteiger partial charge in [-0.3, -0.25) is 0 Å². The Bertz CT molecular complexity index is 379. The second-order valence-corrected chi connectivity index (χ2v) is 6.24. The zero-order valence-corrected chi connectivity index (χ0v) is 14.2. The summed E-state index contributed by atoms with van der Waals surface area (Å²) in [5.41, 5.74) is 1.14. The second-order valence-electron chi connectivity index (χ2n) is 5.46. The highest BCUT2D eigenvalue weighted by Gasteiger charge is 2.11. The van der Waals surface area contributed by atoms with Crippen LogP contribution in [0.4, 0.5) is 0 Å². The van der Waals surface area contributed by atoms with E-state index in [0.717, 1.165) is 12.0 Å². The van der Waals surface area contributed by atoms with E-state index in [1.165, 1.54) is 44.9 Å². The maximum Gasteiger partial charge on any atom is 0.0624 e. The first kappa shape index (κ1) is 17.8. The van der Waals surface area contributed by atoms with Crippen molar-refractivity contribution in [3.05, 3.63) is 33.8 Å². The van der Waals surface area contributed by atoms with E-state index in [4.69, 9.17) is 23.2 Å². The van der Waals surface area contributed by atoms with Crippen LogP contribution in [0.3, 0.4) is 0 Å². The molecular formula is C17H27Cl2N. The predicted molar refractivity (Wildman–Crippen MR) is 91.0 cm³/mol. The van der Waals surface area contributed by atoms with Crippen LogP contribution in [-0.4, -0.2) is 13.1 Å². The Balaban J connectivity index is 2.34. The lowest BCUT2D eigenvalue weighted by Crippen LogP contribution is -2.27. The molecule has 20 heavy (non-hydrogen) atoms. The fourth-order valence-electron chi connectivity index (χ4n) is 2.49. The van der Waals surface area contributed by atoms with Crippen LogP contribution in [0.5, 0.6) is 0 Å². The first-order chi connectivity index (χ1) is 9.69. The SMILES string of the molecule is CCCCCCCCC(Cc1cccc(Cl)c1Cl)NC. The minimum absolute atomic E-state index is 0.483. The zero-order chi connectivity index (χ0) is 14.8. The normalized spacial score (nSPS) is 12.6. The number of hydrogen-bond acceptors (Lipinski definition) is 1. The zero-order valence-electron chi connectivity index (χ0n) is 12.7.